The quantitative estimate of drug-likeness (QED) is 0.785. The number of amides is 2. The Kier molecular flexibility index (Phi) is 6.93. The van der Waals surface area contributed by atoms with Crippen LogP contribution in [0.1, 0.15) is 12.8 Å². The first-order valence-electron chi connectivity index (χ1n) is 7.87. The van der Waals surface area contributed by atoms with Gasteiger partial charge in [0.15, 0.2) is 0 Å². The SMILES string of the molecule is CN(C)S(=O)(=O)N1CCC(CNC(=O)Nc2ccc(Cl)c(Cl)c2)CC1. The predicted molar refractivity (Wildman–Crippen MR) is 100 cm³/mol. The second-order valence-electron chi connectivity index (χ2n) is 6.10. The standard InChI is InChI=1S/C15H22Cl2N4O3S/c1-20(2)25(23,24)21-7-5-11(6-8-21)10-18-15(22)19-12-3-4-13(16)14(17)9-12/h3-4,9,11H,5-8,10H2,1-2H3,(H2,18,19,22). The van der Waals surface area contributed by atoms with Crippen LogP contribution in [-0.4, -0.2) is 56.8 Å². The lowest BCUT2D eigenvalue weighted by Gasteiger charge is -2.32. The van der Waals surface area contributed by atoms with Gasteiger partial charge in [0, 0.05) is 39.4 Å². The van der Waals surface area contributed by atoms with Crippen LogP contribution < -0.4 is 10.6 Å². The van der Waals surface area contributed by atoms with Gasteiger partial charge < -0.3 is 10.6 Å². The second kappa shape index (κ2) is 8.55. The maximum Gasteiger partial charge on any atom is 0.319 e. The lowest BCUT2D eigenvalue weighted by Crippen LogP contribution is -2.46. The van der Waals surface area contributed by atoms with Gasteiger partial charge in [-0.3, -0.25) is 0 Å². The Bertz CT molecular complexity index is 719. The summed E-state index contributed by atoms with van der Waals surface area (Å²) in [7, 11) is -0.311. The minimum absolute atomic E-state index is 0.244. The fraction of sp³-hybridized carbons (Fsp3) is 0.533. The van der Waals surface area contributed by atoms with E-state index in [1.54, 1.807) is 18.2 Å². The van der Waals surface area contributed by atoms with Crippen molar-refractivity contribution in [2.75, 3.05) is 39.0 Å². The van der Waals surface area contributed by atoms with E-state index in [1.807, 2.05) is 0 Å². The molecule has 2 N–H and O–H groups in total. The van der Waals surface area contributed by atoms with Gasteiger partial charge in [-0.2, -0.15) is 17.0 Å². The minimum atomic E-state index is -3.36. The summed E-state index contributed by atoms with van der Waals surface area (Å²) in [6, 6.07) is 4.52. The fourth-order valence-corrected chi connectivity index (χ4v) is 3.99. The van der Waals surface area contributed by atoms with Crippen molar-refractivity contribution in [1.82, 2.24) is 13.9 Å². The maximum absolute atomic E-state index is 12.1. The summed E-state index contributed by atoms with van der Waals surface area (Å²) >= 11 is 11.7. The molecule has 25 heavy (non-hydrogen) atoms. The van der Waals surface area contributed by atoms with Crippen molar-refractivity contribution in [2.24, 2.45) is 5.92 Å². The van der Waals surface area contributed by atoms with E-state index in [4.69, 9.17) is 23.2 Å². The topological polar surface area (TPSA) is 81.8 Å². The van der Waals surface area contributed by atoms with Gasteiger partial charge in [0.05, 0.1) is 10.0 Å². The average molecular weight is 409 g/mol. The first-order valence-corrected chi connectivity index (χ1v) is 10.0. The molecule has 0 unspecified atom stereocenters. The summed E-state index contributed by atoms with van der Waals surface area (Å²) in [5.41, 5.74) is 0.554. The van der Waals surface area contributed by atoms with Gasteiger partial charge in [0.2, 0.25) is 0 Å². The van der Waals surface area contributed by atoms with E-state index in [1.165, 1.54) is 22.7 Å². The van der Waals surface area contributed by atoms with Crippen molar-refractivity contribution < 1.29 is 13.2 Å². The molecule has 0 aliphatic carbocycles. The summed E-state index contributed by atoms with van der Waals surface area (Å²) in [4.78, 5) is 12.0. The Labute approximate surface area is 158 Å². The lowest BCUT2D eigenvalue weighted by atomic mass is 9.98. The van der Waals surface area contributed by atoms with Gasteiger partial charge in [-0.05, 0) is 37.0 Å². The molecule has 0 radical (unpaired) electrons. The number of nitrogens with one attached hydrogen (secondary N) is 2. The van der Waals surface area contributed by atoms with Crippen LogP contribution in [0.2, 0.25) is 10.0 Å². The van der Waals surface area contributed by atoms with Gasteiger partial charge in [0.1, 0.15) is 0 Å². The van der Waals surface area contributed by atoms with Crippen LogP contribution in [0.5, 0.6) is 0 Å². The molecule has 0 bridgehead atoms. The Morgan fingerprint density at radius 2 is 1.88 bits per heavy atom. The normalized spacial score (nSPS) is 16.8. The summed E-state index contributed by atoms with van der Waals surface area (Å²) < 4.78 is 26.8. The molecule has 0 aromatic heterocycles. The molecular formula is C15H22Cl2N4O3S. The maximum atomic E-state index is 12.1. The van der Waals surface area contributed by atoms with E-state index >= 15 is 0 Å². The van der Waals surface area contributed by atoms with Crippen LogP contribution in [0.25, 0.3) is 0 Å². The molecule has 1 aliphatic rings. The molecule has 2 rings (SSSR count). The first-order chi connectivity index (χ1) is 11.7. The predicted octanol–water partition coefficient (Wildman–Crippen LogP) is 2.63. The van der Waals surface area contributed by atoms with Gasteiger partial charge in [0.25, 0.3) is 10.2 Å². The zero-order valence-electron chi connectivity index (χ0n) is 14.1. The highest BCUT2D eigenvalue weighted by Crippen LogP contribution is 2.25. The van der Waals surface area contributed by atoms with Crippen molar-refractivity contribution in [3.8, 4) is 0 Å². The van der Waals surface area contributed by atoms with Gasteiger partial charge in [-0.1, -0.05) is 23.2 Å². The Morgan fingerprint density at radius 1 is 1.24 bits per heavy atom. The third kappa shape index (κ3) is 5.46. The molecule has 10 heteroatoms. The van der Waals surface area contributed by atoms with Gasteiger partial charge >= 0.3 is 6.03 Å². The molecule has 1 saturated heterocycles. The van der Waals surface area contributed by atoms with E-state index in [2.05, 4.69) is 10.6 Å². The number of anilines is 1. The number of rotatable bonds is 5. The molecule has 140 valence electrons. The molecule has 7 nitrogen and oxygen atoms in total. The number of urea groups is 1. The molecule has 0 saturated carbocycles. The van der Waals surface area contributed by atoms with Crippen LogP contribution in [0.4, 0.5) is 10.5 Å². The number of hydrogen-bond acceptors (Lipinski definition) is 3. The highest BCUT2D eigenvalue weighted by molar-refractivity contribution is 7.86. The van der Waals surface area contributed by atoms with E-state index in [-0.39, 0.29) is 11.9 Å². The molecule has 1 aromatic rings. The molecule has 0 atom stereocenters. The molecular weight excluding hydrogens is 387 g/mol. The summed E-state index contributed by atoms with van der Waals surface area (Å²) in [5, 5.41) is 6.29. The fourth-order valence-electron chi connectivity index (χ4n) is 2.56. The van der Waals surface area contributed by atoms with Gasteiger partial charge in [-0.15, -0.1) is 0 Å². The lowest BCUT2D eigenvalue weighted by molar-refractivity contribution is 0.238. The Morgan fingerprint density at radius 3 is 2.44 bits per heavy atom. The zero-order chi connectivity index (χ0) is 18.6. The van der Waals surface area contributed by atoms with Crippen LogP contribution in [-0.2, 0) is 10.2 Å². The number of carbonyl (C=O) groups excluding carboxylic acids is 1. The van der Waals surface area contributed by atoms with Crippen LogP contribution in [0, 0.1) is 5.92 Å². The minimum Gasteiger partial charge on any atom is -0.338 e. The third-order valence-electron chi connectivity index (χ3n) is 4.09. The number of halogens is 2. The van der Waals surface area contributed by atoms with Crippen molar-refractivity contribution in [2.45, 2.75) is 12.8 Å². The molecule has 2 amide bonds. The number of hydrogen-bond donors (Lipinski definition) is 2. The van der Waals surface area contributed by atoms with Crippen molar-refractivity contribution in [3.63, 3.8) is 0 Å². The Balaban J connectivity index is 1.77. The Hall–Kier alpha value is -1.06. The van der Waals surface area contributed by atoms with Crippen LogP contribution in [0.3, 0.4) is 0 Å². The number of piperidine rings is 1. The highest BCUT2D eigenvalue weighted by Gasteiger charge is 2.29. The van der Waals surface area contributed by atoms with Crippen LogP contribution in [0.15, 0.2) is 18.2 Å². The molecule has 1 aromatic carbocycles. The monoisotopic (exact) mass is 408 g/mol. The highest BCUT2D eigenvalue weighted by atomic mass is 35.5. The largest absolute Gasteiger partial charge is 0.338 e. The third-order valence-corrected chi connectivity index (χ3v) is 6.77. The van der Waals surface area contributed by atoms with Crippen molar-refractivity contribution in [1.29, 1.82) is 0 Å². The van der Waals surface area contributed by atoms with E-state index < -0.39 is 10.2 Å². The number of nitrogens with zero attached hydrogens (tertiary/aromatic N) is 2. The number of carbonyl (C=O) groups is 1. The van der Waals surface area contributed by atoms with Crippen molar-refractivity contribution >= 4 is 45.1 Å². The van der Waals surface area contributed by atoms with Crippen molar-refractivity contribution in [3.05, 3.63) is 28.2 Å². The van der Waals surface area contributed by atoms with Gasteiger partial charge in [-0.25, -0.2) is 4.79 Å². The van der Waals surface area contributed by atoms with Crippen LogP contribution >= 0.6 is 23.2 Å². The second-order valence-corrected chi connectivity index (χ2v) is 9.05. The smallest absolute Gasteiger partial charge is 0.319 e. The van der Waals surface area contributed by atoms with E-state index in [9.17, 15) is 13.2 Å². The first kappa shape index (κ1) is 20.3. The average Bonchev–Trinajstić information content (AvgIpc) is 2.56. The molecule has 0 spiro atoms. The summed E-state index contributed by atoms with van der Waals surface area (Å²) in [6.07, 6.45) is 1.42. The van der Waals surface area contributed by atoms with E-state index in [0.717, 1.165) is 0 Å². The molecule has 1 aliphatic heterocycles. The molecule has 1 fully saturated rings. The molecule has 1 heterocycles. The van der Waals surface area contributed by atoms with E-state index in [0.29, 0.717) is 48.2 Å². The summed E-state index contributed by atoms with van der Waals surface area (Å²) in [6.45, 7) is 1.41. The summed E-state index contributed by atoms with van der Waals surface area (Å²) in [5.74, 6) is 0.244. The zero-order valence-corrected chi connectivity index (χ0v) is 16.5. The number of benzene rings is 1.